The van der Waals surface area contributed by atoms with Crippen LogP contribution in [0.2, 0.25) is 0 Å². The van der Waals surface area contributed by atoms with Crippen LogP contribution in [0.5, 0.6) is 0 Å². The summed E-state index contributed by atoms with van der Waals surface area (Å²) < 4.78 is 11.0. The van der Waals surface area contributed by atoms with E-state index in [1.807, 2.05) is 0 Å². The van der Waals surface area contributed by atoms with Crippen molar-refractivity contribution < 1.29 is 14.6 Å². The first-order valence-electron chi connectivity index (χ1n) is 8.00. The summed E-state index contributed by atoms with van der Waals surface area (Å²) in [6.45, 7) is 4.75. The van der Waals surface area contributed by atoms with Crippen LogP contribution >= 0.6 is 11.8 Å². The molecule has 2 aliphatic rings. The van der Waals surface area contributed by atoms with Crippen molar-refractivity contribution in [2.45, 2.75) is 62.5 Å². The van der Waals surface area contributed by atoms with E-state index in [4.69, 9.17) is 9.47 Å². The molecule has 4 nitrogen and oxygen atoms in total. The van der Waals surface area contributed by atoms with Gasteiger partial charge >= 0.3 is 0 Å². The van der Waals surface area contributed by atoms with E-state index in [1.54, 1.807) is 0 Å². The fraction of sp³-hybridized carbons (Fsp3) is 1.00. The quantitative estimate of drug-likeness (QED) is 0.680. The van der Waals surface area contributed by atoms with E-state index in [-0.39, 0.29) is 6.10 Å². The molecule has 0 aromatic heterocycles. The van der Waals surface area contributed by atoms with E-state index in [9.17, 15) is 5.11 Å². The highest BCUT2D eigenvalue weighted by molar-refractivity contribution is 7.99. The van der Waals surface area contributed by atoms with Crippen LogP contribution in [-0.4, -0.2) is 60.7 Å². The molecule has 0 radical (unpaired) electrons. The SMILES string of the molecule is CCSC1CCC(NCC(O)COCC2CCCO2)C1. The normalized spacial score (nSPS) is 31.8. The Hall–Kier alpha value is 0.190. The first kappa shape index (κ1) is 16.6. The maximum Gasteiger partial charge on any atom is 0.0897 e. The first-order chi connectivity index (χ1) is 9.78. The topological polar surface area (TPSA) is 50.7 Å². The van der Waals surface area contributed by atoms with Crippen molar-refractivity contribution in [3.8, 4) is 0 Å². The molecule has 1 aliphatic heterocycles. The van der Waals surface area contributed by atoms with Crippen molar-refractivity contribution in [3.05, 3.63) is 0 Å². The van der Waals surface area contributed by atoms with Gasteiger partial charge in [-0.2, -0.15) is 11.8 Å². The van der Waals surface area contributed by atoms with Crippen molar-refractivity contribution in [3.63, 3.8) is 0 Å². The minimum Gasteiger partial charge on any atom is -0.389 e. The van der Waals surface area contributed by atoms with Crippen LogP contribution in [0, 0.1) is 0 Å². The molecule has 0 amide bonds. The van der Waals surface area contributed by atoms with Gasteiger partial charge in [-0.1, -0.05) is 6.92 Å². The molecule has 118 valence electrons. The third-order valence-electron chi connectivity index (χ3n) is 4.07. The number of ether oxygens (including phenoxy) is 2. The number of aliphatic hydroxyl groups is 1. The van der Waals surface area contributed by atoms with E-state index in [1.165, 1.54) is 25.0 Å². The molecule has 0 aromatic carbocycles. The van der Waals surface area contributed by atoms with Crippen LogP contribution in [0.15, 0.2) is 0 Å². The van der Waals surface area contributed by atoms with E-state index >= 15 is 0 Å². The van der Waals surface area contributed by atoms with Gasteiger partial charge in [0, 0.05) is 24.4 Å². The van der Waals surface area contributed by atoms with E-state index in [0.29, 0.717) is 25.8 Å². The predicted molar refractivity (Wildman–Crippen MR) is 83.4 cm³/mol. The lowest BCUT2D eigenvalue weighted by Crippen LogP contribution is -2.36. The minimum atomic E-state index is -0.408. The second kappa shape index (κ2) is 9.26. The van der Waals surface area contributed by atoms with Crippen LogP contribution < -0.4 is 5.32 Å². The summed E-state index contributed by atoms with van der Waals surface area (Å²) in [6.07, 6.45) is 5.85. The Morgan fingerprint density at radius 3 is 3.05 bits per heavy atom. The van der Waals surface area contributed by atoms with E-state index < -0.39 is 6.10 Å². The number of rotatable bonds is 9. The second-order valence-corrected chi connectivity index (χ2v) is 7.40. The van der Waals surface area contributed by atoms with Crippen molar-refractivity contribution in [2.24, 2.45) is 0 Å². The average molecular weight is 303 g/mol. The number of aliphatic hydroxyl groups excluding tert-OH is 1. The lowest BCUT2D eigenvalue weighted by atomic mass is 10.2. The zero-order valence-electron chi connectivity index (χ0n) is 12.6. The summed E-state index contributed by atoms with van der Waals surface area (Å²) in [5, 5.41) is 14.2. The highest BCUT2D eigenvalue weighted by atomic mass is 32.2. The molecular weight excluding hydrogens is 274 g/mol. The smallest absolute Gasteiger partial charge is 0.0897 e. The van der Waals surface area contributed by atoms with Gasteiger partial charge in [0.1, 0.15) is 0 Å². The molecule has 2 N–H and O–H groups in total. The molecule has 1 heterocycles. The lowest BCUT2D eigenvalue weighted by molar-refractivity contribution is -0.0169. The highest BCUT2D eigenvalue weighted by Crippen LogP contribution is 2.29. The Balaban J connectivity index is 1.48. The van der Waals surface area contributed by atoms with Crippen LogP contribution in [0.4, 0.5) is 0 Å². The number of hydrogen-bond donors (Lipinski definition) is 2. The molecule has 0 spiro atoms. The van der Waals surface area contributed by atoms with Gasteiger partial charge in [0.15, 0.2) is 0 Å². The Morgan fingerprint density at radius 2 is 2.30 bits per heavy atom. The molecule has 1 aliphatic carbocycles. The molecule has 2 fully saturated rings. The second-order valence-electron chi connectivity index (χ2n) is 5.82. The Morgan fingerprint density at radius 1 is 1.40 bits per heavy atom. The van der Waals surface area contributed by atoms with Crippen LogP contribution in [-0.2, 0) is 9.47 Å². The summed E-state index contributed by atoms with van der Waals surface area (Å²) in [4.78, 5) is 0. The van der Waals surface area contributed by atoms with Crippen LogP contribution in [0.25, 0.3) is 0 Å². The number of hydrogen-bond acceptors (Lipinski definition) is 5. The van der Waals surface area contributed by atoms with Gasteiger partial charge in [-0.3, -0.25) is 0 Å². The predicted octanol–water partition coefficient (Wildman–Crippen LogP) is 1.81. The average Bonchev–Trinajstić information content (AvgIpc) is 3.08. The van der Waals surface area contributed by atoms with Gasteiger partial charge in [-0.25, -0.2) is 0 Å². The molecule has 0 aromatic rings. The van der Waals surface area contributed by atoms with Crippen LogP contribution in [0.1, 0.15) is 39.0 Å². The fourth-order valence-electron chi connectivity index (χ4n) is 2.99. The van der Waals surface area contributed by atoms with Crippen molar-refractivity contribution >= 4 is 11.8 Å². The molecule has 5 heteroatoms. The molecular formula is C15H29NO3S. The summed E-state index contributed by atoms with van der Waals surface area (Å²) in [6, 6.07) is 0.576. The Bertz CT molecular complexity index is 262. The maximum absolute atomic E-state index is 9.92. The van der Waals surface area contributed by atoms with Crippen molar-refractivity contribution in [2.75, 3.05) is 32.1 Å². The zero-order valence-corrected chi connectivity index (χ0v) is 13.4. The third-order valence-corrected chi connectivity index (χ3v) is 5.30. The van der Waals surface area contributed by atoms with Crippen molar-refractivity contribution in [1.82, 2.24) is 5.32 Å². The van der Waals surface area contributed by atoms with Gasteiger partial charge in [0.05, 0.1) is 25.4 Å². The third kappa shape index (κ3) is 5.90. The standard InChI is InChI=1S/C15H29NO3S/c1-2-20-15-6-5-12(8-15)16-9-13(17)10-18-11-14-4-3-7-19-14/h12-17H,2-11H2,1H3. The first-order valence-corrected chi connectivity index (χ1v) is 9.05. The maximum atomic E-state index is 9.92. The van der Waals surface area contributed by atoms with Crippen LogP contribution in [0.3, 0.4) is 0 Å². The van der Waals surface area contributed by atoms with Gasteiger partial charge in [-0.05, 0) is 37.9 Å². The molecule has 4 unspecified atom stereocenters. The zero-order chi connectivity index (χ0) is 14.2. The van der Waals surface area contributed by atoms with Gasteiger partial charge < -0.3 is 19.9 Å². The largest absolute Gasteiger partial charge is 0.389 e. The molecule has 2 rings (SSSR count). The molecule has 0 bridgehead atoms. The number of thioether (sulfide) groups is 1. The van der Waals surface area contributed by atoms with E-state index in [2.05, 4.69) is 24.0 Å². The minimum absolute atomic E-state index is 0.247. The van der Waals surface area contributed by atoms with Crippen molar-refractivity contribution in [1.29, 1.82) is 0 Å². The summed E-state index contributed by atoms with van der Waals surface area (Å²) >= 11 is 2.06. The van der Waals surface area contributed by atoms with Gasteiger partial charge in [0.25, 0.3) is 0 Å². The Labute approximate surface area is 127 Å². The van der Waals surface area contributed by atoms with Gasteiger partial charge in [-0.15, -0.1) is 0 Å². The number of nitrogens with one attached hydrogen (secondary N) is 1. The molecule has 1 saturated heterocycles. The molecule has 4 atom stereocenters. The summed E-state index contributed by atoms with van der Waals surface area (Å²) in [5.41, 5.74) is 0. The fourth-order valence-corrected chi connectivity index (χ4v) is 4.13. The monoisotopic (exact) mass is 303 g/mol. The summed E-state index contributed by atoms with van der Waals surface area (Å²) in [5.74, 6) is 1.21. The molecule has 20 heavy (non-hydrogen) atoms. The highest BCUT2D eigenvalue weighted by Gasteiger charge is 2.24. The Kier molecular flexibility index (Phi) is 7.66. The van der Waals surface area contributed by atoms with Gasteiger partial charge in [0.2, 0.25) is 0 Å². The molecule has 1 saturated carbocycles. The summed E-state index contributed by atoms with van der Waals surface area (Å²) in [7, 11) is 0. The lowest BCUT2D eigenvalue weighted by Gasteiger charge is -2.17. The van der Waals surface area contributed by atoms with E-state index in [0.717, 1.165) is 24.7 Å².